The van der Waals surface area contributed by atoms with Crippen LogP contribution in [-0.4, -0.2) is 24.5 Å². The van der Waals surface area contributed by atoms with Crippen LogP contribution in [0, 0.1) is 6.92 Å². The maximum atomic E-state index is 5.24. The molecule has 0 aliphatic carbocycles. The quantitative estimate of drug-likeness (QED) is 0.463. The Bertz CT molecular complexity index is 946. The highest BCUT2D eigenvalue weighted by Gasteiger charge is 2.08. The second-order valence-electron chi connectivity index (χ2n) is 5.29. The van der Waals surface area contributed by atoms with Gasteiger partial charge in [0, 0.05) is 10.9 Å². The number of thiophene rings is 1. The maximum absolute atomic E-state index is 5.24. The zero-order valence-corrected chi connectivity index (χ0v) is 15.8. The highest BCUT2D eigenvalue weighted by atomic mass is 32.1. The van der Waals surface area contributed by atoms with E-state index in [1.807, 2.05) is 35.2 Å². The summed E-state index contributed by atoms with van der Waals surface area (Å²) in [5.74, 6) is 0.833. The Hall–Kier alpha value is -2.44. The van der Waals surface area contributed by atoms with Crippen molar-refractivity contribution in [3.05, 3.63) is 69.0 Å². The number of thiazole rings is 1. The van der Waals surface area contributed by atoms with Crippen molar-refractivity contribution in [1.29, 1.82) is 0 Å². The van der Waals surface area contributed by atoms with Gasteiger partial charge in [-0.2, -0.15) is 5.10 Å². The van der Waals surface area contributed by atoms with Crippen molar-refractivity contribution in [3.63, 3.8) is 0 Å². The van der Waals surface area contributed by atoms with Crippen molar-refractivity contribution in [2.45, 2.75) is 6.92 Å². The van der Waals surface area contributed by atoms with Crippen molar-refractivity contribution >= 4 is 28.9 Å². The summed E-state index contributed by atoms with van der Waals surface area (Å²) in [5.41, 5.74) is 3.29. The fourth-order valence-electron chi connectivity index (χ4n) is 2.25. The molecule has 2 heterocycles. The van der Waals surface area contributed by atoms with Gasteiger partial charge in [-0.1, -0.05) is 6.08 Å². The Balaban J connectivity index is 2.06. The fraction of sp³-hybridized carbons (Fsp3) is 0.158. The SMILES string of the molecule is C=CCN=c1scc(-c2ccc(OC)cc2)n1N=Cc1sccc1C. The van der Waals surface area contributed by atoms with Crippen LogP contribution in [0.5, 0.6) is 5.75 Å². The lowest BCUT2D eigenvalue weighted by molar-refractivity contribution is 0.415. The molecule has 0 spiro atoms. The van der Waals surface area contributed by atoms with Crippen LogP contribution in [0.1, 0.15) is 10.4 Å². The lowest BCUT2D eigenvalue weighted by Crippen LogP contribution is -2.12. The molecule has 0 aliphatic heterocycles. The largest absolute Gasteiger partial charge is 0.497 e. The van der Waals surface area contributed by atoms with Crippen LogP contribution in [0.15, 0.2) is 63.8 Å². The van der Waals surface area contributed by atoms with E-state index in [1.165, 1.54) is 5.56 Å². The molecule has 0 fully saturated rings. The summed E-state index contributed by atoms with van der Waals surface area (Å²) in [6.07, 6.45) is 3.68. The van der Waals surface area contributed by atoms with Crippen LogP contribution in [0.3, 0.4) is 0 Å². The van der Waals surface area contributed by atoms with E-state index in [2.05, 4.69) is 35.3 Å². The zero-order valence-electron chi connectivity index (χ0n) is 14.2. The molecule has 0 aliphatic rings. The van der Waals surface area contributed by atoms with Gasteiger partial charge in [-0.3, -0.25) is 4.99 Å². The van der Waals surface area contributed by atoms with E-state index >= 15 is 0 Å². The Labute approximate surface area is 155 Å². The third kappa shape index (κ3) is 3.97. The summed E-state index contributed by atoms with van der Waals surface area (Å²) >= 11 is 3.25. The monoisotopic (exact) mass is 369 g/mol. The maximum Gasteiger partial charge on any atom is 0.206 e. The van der Waals surface area contributed by atoms with E-state index in [1.54, 1.807) is 35.9 Å². The van der Waals surface area contributed by atoms with Crippen molar-refractivity contribution < 1.29 is 4.74 Å². The number of ether oxygens (including phenoxy) is 1. The Morgan fingerprint density at radius 1 is 1.20 bits per heavy atom. The van der Waals surface area contributed by atoms with Crippen molar-refractivity contribution in [1.82, 2.24) is 4.68 Å². The Morgan fingerprint density at radius 3 is 2.64 bits per heavy atom. The van der Waals surface area contributed by atoms with Crippen LogP contribution in [0.25, 0.3) is 11.3 Å². The molecule has 0 unspecified atom stereocenters. The van der Waals surface area contributed by atoms with Crippen LogP contribution >= 0.6 is 22.7 Å². The molecule has 0 radical (unpaired) electrons. The molecular formula is C19H19N3OS2. The van der Waals surface area contributed by atoms with Gasteiger partial charge in [0.05, 0.1) is 30.4 Å². The average Bonchev–Trinajstić information content (AvgIpc) is 3.24. The predicted octanol–water partition coefficient (Wildman–Crippen LogP) is 4.56. The number of benzene rings is 1. The molecule has 3 aromatic rings. The molecule has 0 bridgehead atoms. The molecule has 0 amide bonds. The second kappa shape index (κ2) is 8.09. The van der Waals surface area contributed by atoms with Crippen molar-refractivity contribution in [3.8, 4) is 17.0 Å². The van der Waals surface area contributed by atoms with Crippen LogP contribution in [0.2, 0.25) is 0 Å². The minimum atomic E-state index is 0.566. The number of nitrogens with zero attached hydrogens (tertiary/aromatic N) is 3. The van der Waals surface area contributed by atoms with Crippen LogP contribution < -0.4 is 9.54 Å². The first-order valence-electron chi connectivity index (χ1n) is 7.77. The normalized spacial score (nSPS) is 12.0. The number of hydrogen-bond acceptors (Lipinski definition) is 5. The van der Waals surface area contributed by atoms with Gasteiger partial charge in [-0.15, -0.1) is 29.3 Å². The van der Waals surface area contributed by atoms with Crippen LogP contribution in [0.4, 0.5) is 0 Å². The first-order chi connectivity index (χ1) is 12.2. The van der Waals surface area contributed by atoms with E-state index < -0.39 is 0 Å². The molecule has 4 nitrogen and oxygen atoms in total. The molecule has 6 heteroatoms. The summed E-state index contributed by atoms with van der Waals surface area (Å²) < 4.78 is 7.13. The lowest BCUT2D eigenvalue weighted by atomic mass is 10.2. The van der Waals surface area contributed by atoms with Gasteiger partial charge >= 0.3 is 0 Å². The summed E-state index contributed by atoms with van der Waals surface area (Å²) in [4.78, 5) is 6.55. The smallest absolute Gasteiger partial charge is 0.206 e. The van der Waals surface area contributed by atoms with Gasteiger partial charge in [0.1, 0.15) is 5.75 Å². The standard InChI is InChI=1S/C19H19N3OS2/c1-4-10-20-19-22(21-12-18-14(2)9-11-24-18)17(13-25-19)15-5-7-16(23-3)8-6-15/h4-9,11-13H,1,10H2,2-3H3. The third-order valence-corrected chi connectivity index (χ3v) is 5.43. The average molecular weight is 370 g/mol. The third-order valence-electron chi connectivity index (χ3n) is 3.62. The summed E-state index contributed by atoms with van der Waals surface area (Å²) in [5, 5.41) is 8.84. The first kappa shape index (κ1) is 17.4. The van der Waals surface area contributed by atoms with E-state index in [4.69, 9.17) is 9.84 Å². The van der Waals surface area contributed by atoms with Crippen molar-refractivity contribution in [2.24, 2.45) is 10.1 Å². The van der Waals surface area contributed by atoms with Gasteiger partial charge in [0.2, 0.25) is 4.80 Å². The van der Waals surface area contributed by atoms with E-state index in [0.29, 0.717) is 6.54 Å². The summed E-state index contributed by atoms with van der Waals surface area (Å²) in [7, 11) is 1.67. The molecule has 3 rings (SSSR count). The van der Waals surface area contributed by atoms with Gasteiger partial charge < -0.3 is 4.74 Å². The predicted molar refractivity (Wildman–Crippen MR) is 107 cm³/mol. The molecule has 1 aromatic carbocycles. The molecule has 0 N–H and O–H groups in total. The second-order valence-corrected chi connectivity index (χ2v) is 7.07. The van der Waals surface area contributed by atoms with E-state index in [9.17, 15) is 0 Å². The molecular weight excluding hydrogens is 350 g/mol. The topological polar surface area (TPSA) is 38.9 Å². The fourth-order valence-corrected chi connectivity index (χ4v) is 3.88. The molecule has 0 saturated heterocycles. The van der Waals surface area contributed by atoms with Gasteiger partial charge in [-0.25, -0.2) is 4.68 Å². The lowest BCUT2D eigenvalue weighted by Gasteiger charge is -2.05. The van der Waals surface area contributed by atoms with Gasteiger partial charge in [0.15, 0.2) is 0 Å². The Kier molecular flexibility index (Phi) is 5.63. The highest BCUT2D eigenvalue weighted by Crippen LogP contribution is 2.23. The van der Waals surface area contributed by atoms with Gasteiger partial charge in [-0.05, 0) is 48.2 Å². The number of aryl methyl sites for hydroxylation is 1. The van der Waals surface area contributed by atoms with E-state index in [0.717, 1.165) is 26.7 Å². The van der Waals surface area contributed by atoms with E-state index in [-0.39, 0.29) is 0 Å². The molecule has 128 valence electrons. The van der Waals surface area contributed by atoms with Crippen LogP contribution in [-0.2, 0) is 0 Å². The Morgan fingerprint density at radius 2 is 2.00 bits per heavy atom. The highest BCUT2D eigenvalue weighted by molar-refractivity contribution is 7.11. The van der Waals surface area contributed by atoms with Gasteiger partial charge in [0.25, 0.3) is 0 Å². The number of aromatic nitrogens is 1. The number of methoxy groups -OCH3 is 1. The first-order valence-corrected chi connectivity index (χ1v) is 9.53. The minimum Gasteiger partial charge on any atom is -0.497 e. The summed E-state index contributed by atoms with van der Waals surface area (Å²) in [6.45, 7) is 6.39. The molecule has 25 heavy (non-hydrogen) atoms. The zero-order chi connectivity index (χ0) is 17.6. The van der Waals surface area contributed by atoms with Crippen molar-refractivity contribution in [2.75, 3.05) is 13.7 Å². The molecule has 2 aromatic heterocycles. The number of hydrogen-bond donors (Lipinski definition) is 0. The minimum absolute atomic E-state index is 0.566. The molecule has 0 atom stereocenters. The number of rotatable bonds is 6. The summed E-state index contributed by atoms with van der Waals surface area (Å²) in [6, 6.07) is 10.1. The molecule has 0 saturated carbocycles.